The highest BCUT2D eigenvalue weighted by Gasteiger charge is 2.28. The third kappa shape index (κ3) is 3.42. The van der Waals surface area contributed by atoms with Crippen molar-refractivity contribution in [3.63, 3.8) is 0 Å². The molecular formula is C12H16BrN3O2S. The Hall–Kier alpha value is -0.760. The number of halogens is 1. The lowest BCUT2D eigenvalue weighted by atomic mass is 10.1. The summed E-state index contributed by atoms with van der Waals surface area (Å²) in [6.45, 7) is 4.93. The molecule has 2 N–H and O–H groups in total. The van der Waals surface area contributed by atoms with Crippen molar-refractivity contribution in [1.82, 2.24) is 10.1 Å². The Morgan fingerprint density at radius 2 is 2.37 bits per heavy atom. The molecule has 0 saturated heterocycles. The fourth-order valence-electron chi connectivity index (χ4n) is 1.49. The third-order valence-electron chi connectivity index (χ3n) is 2.50. The van der Waals surface area contributed by atoms with Gasteiger partial charge in [0.05, 0.1) is 6.61 Å². The summed E-state index contributed by atoms with van der Waals surface area (Å²) in [5.41, 5.74) is 5.42. The van der Waals surface area contributed by atoms with Gasteiger partial charge in [-0.05, 0) is 40.7 Å². The summed E-state index contributed by atoms with van der Waals surface area (Å²) < 4.78 is 11.7. The van der Waals surface area contributed by atoms with Crippen LogP contribution in [0.15, 0.2) is 20.4 Å². The minimum atomic E-state index is -0.749. The molecule has 1 atom stereocenters. The Kier molecular flexibility index (Phi) is 4.72. The van der Waals surface area contributed by atoms with E-state index in [4.69, 9.17) is 15.0 Å². The minimum absolute atomic E-state index is 0.366. The highest BCUT2D eigenvalue weighted by Crippen LogP contribution is 2.33. The van der Waals surface area contributed by atoms with Gasteiger partial charge in [-0.3, -0.25) is 0 Å². The van der Waals surface area contributed by atoms with Gasteiger partial charge in [-0.1, -0.05) is 12.1 Å². The molecular weight excluding hydrogens is 330 g/mol. The fraction of sp³-hybridized carbons (Fsp3) is 0.500. The van der Waals surface area contributed by atoms with Crippen LogP contribution in [-0.4, -0.2) is 23.4 Å². The van der Waals surface area contributed by atoms with E-state index in [2.05, 4.69) is 33.0 Å². The van der Waals surface area contributed by atoms with Gasteiger partial charge >= 0.3 is 0 Å². The number of rotatable bonds is 6. The zero-order valence-electron chi connectivity index (χ0n) is 10.9. The number of hydrogen-bond donors (Lipinski definition) is 1. The van der Waals surface area contributed by atoms with E-state index in [0.717, 1.165) is 15.8 Å². The van der Waals surface area contributed by atoms with Gasteiger partial charge in [0.1, 0.15) is 10.4 Å². The molecule has 0 spiro atoms. The molecule has 2 heterocycles. The largest absolute Gasteiger partial charge is 0.379 e. The van der Waals surface area contributed by atoms with E-state index in [9.17, 15) is 0 Å². The Bertz CT molecular complexity index is 539. The van der Waals surface area contributed by atoms with Gasteiger partial charge in [-0.15, -0.1) is 11.3 Å². The number of nitrogens with two attached hydrogens (primary N) is 1. The van der Waals surface area contributed by atoms with E-state index in [1.165, 1.54) is 11.3 Å². The van der Waals surface area contributed by atoms with Crippen LogP contribution in [0.4, 0.5) is 0 Å². The standard InChI is InChI=1S/C12H16BrN3O2S/c1-3-5-17-7-12(2,14)11-15-10(18-16-11)9-8(13)4-6-19-9/h4,6H,3,5,7,14H2,1-2H3. The average molecular weight is 346 g/mol. The Balaban J connectivity index is 2.14. The van der Waals surface area contributed by atoms with Gasteiger partial charge in [0.2, 0.25) is 0 Å². The van der Waals surface area contributed by atoms with Crippen molar-refractivity contribution in [1.29, 1.82) is 0 Å². The van der Waals surface area contributed by atoms with Gasteiger partial charge < -0.3 is 15.0 Å². The lowest BCUT2D eigenvalue weighted by molar-refractivity contribution is 0.0867. The maximum atomic E-state index is 6.17. The molecule has 1 unspecified atom stereocenters. The van der Waals surface area contributed by atoms with Crippen LogP contribution in [0.25, 0.3) is 10.8 Å². The molecule has 0 saturated carbocycles. The Morgan fingerprint density at radius 3 is 3.00 bits per heavy atom. The smallest absolute Gasteiger partial charge is 0.269 e. The van der Waals surface area contributed by atoms with E-state index in [0.29, 0.717) is 24.9 Å². The van der Waals surface area contributed by atoms with E-state index < -0.39 is 5.54 Å². The first-order chi connectivity index (χ1) is 9.04. The number of aromatic nitrogens is 2. The Labute approximate surface area is 124 Å². The lowest BCUT2D eigenvalue weighted by Crippen LogP contribution is -2.39. The average Bonchev–Trinajstić information content (AvgIpc) is 2.97. The summed E-state index contributed by atoms with van der Waals surface area (Å²) in [5, 5.41) is 5.91. The van der Waals surface area contributed by atoms with Gasteiger partial charge in [0.25, 0.3) is 5.89 Å². The maximum Gasteiger partial charge on any atom is 0.269 e. The molecule has 0 aliphatic carbocycles. The lowest BCUT2D eigenvalue weighted by Gasteiger charge is -2.19. The number of nitrogens with zero attached hydrogens (tertiary/aromatic N) is 2. The number of hydrogen-bond acceptors (Lipinski definition) is 6. The van der Waals surface area contributed by atoms with Crippen LogP contribution in [0.2, 0.25) is 0 Å². The van der Waals surface area contributed by atoms with Crippen molar-refractivity contribution in [2.75, 3.05) is 13.2 Å². The molecule has 104 valence electrons. The second-order valence-electron chi connectivity index (χ2n) is 4.49. The van der Waals surface area contributed by atoms with Crippen LogP contribution >= 0.6 is 27.3 Å². The van der Waals surface area contributed by atoms with Crippen molar-refractivity contribution in [2.45, 2.75) is 25.8 Å². The molecule has 5 nitrogen and oxygen atoms in total. The summed E-state index contributed by atoms with van der Waals surface area (Å²) >= 11 is 4.97. The molecule has 0 amide bonds. The minimum Gasteiger partial charge on any atom is -0.379 e. The van der Waals surface area contributed by atoms with Crippen LogP contribution in [0.5, 0.6) is 0 Å². The predicted molar refractivity (Wildman–Crippen MR) is 78.0 cm³/mol. The second kappa shape index (κ2) is 6.13. The van der Waals surface area contributed by atoms with Crippen molar-refractivity contribution < 1.29 is 9.26 Å². The first-order valence-corrected chi connectivity index (χ1v) is 7.66. The predicted octanol–water partition coefficient (Wildman–Crippen LogP) is 3.16. The van der Waals surface area contributed by atoms with Crippen LogP contribution in [0.1, 0.15) is 26.1 Å². The van der Waals surface area contributed by atoms with E-state index in [1.54, 1.807) is 0 Å². The molecule has 2 aromatic rings. The molecule has 0 aromatic carbocycles. The van der Waals surface area contributed by atoms with E-state index in [-0.39, 0.29) is 0 Å². The number of ether oxygens (including phenoxy) is 1. The molecule has 0 fully saturated rings. The molecule has 2 aromatic heterocycles. The van der Waals surface area contributed by atoms with Gasteiger partial charge in [0.15, 0.2) is 5.82 Å². The van der Waals surface area contributed by atoms with Gasteiger partial charge in [-0.25, -0.2) is 0 Å². The SMILES string of the molecule is CCCOCC(C)(N)c1noc(-c2sccc2Br)n1. The molecule has 7 heteroatoms. The van der Waals surface area contributed by atoms with Crippen molar-refractivity contribution in [2.24, 2.45) is 5.73 Å². The molecule has 2 rings (SSSR count). The molecule has 0 aliphatic rings. The molecule has 19 heavy (non-hydrogen) atoms. The van der Waals surface area contributed by atoms with Gasteiger partial charge in [0, 0.05) is 11.1 Å². The maximum absolute atomic E-state index is 6.17. The van der Waals surface area contributed by atoms with Crippen LogP contribution in [0.3, 0.4) is 0 Å². The monoisotopic (exact) mass is 345 g/mol. The van der Waals surface area contributed by atoms with Crippen LogP contribution in [0, 0.1) is 0 Å². The molecule has 0 radical (unpaired) electrons. The van der Waals surface area contributed by atoms with Crippen LogP contribution < -0.4 is 5.73 Å². The highest BCUT2D eigenvalue weighted by molar-refractivity contribution is 9.10. The molecule has 0 aliphatic heterocycles. The van der Waals surface area contributed by atoms with E-state index >= 15 is 0 Å². The fourth-order valence-corrected chi connectivity index (χ4v) is 2.95. The second-order valence-corrected chi connectivity index (χ2v) is 6.26. The zero-order chi connectivity index (χ0) is 13.9. The van der Waals surface area contributed by atoms with Crippen molar-refractivity contribution in [3.05, 3.63) is 21.7 Å². The summed E-state index contributed by atoms with van der Waals surface area (Å²) in [4.78, 5) is 5.27. The van der Waals surface area contributed by atoms with Crippen molar-refractivity contribution in [3.8, 4) is 10.8 Å². The normalized spacial score (nSPS) is 14.5. The van der Waals surface area contributed by atoms with Gasteiger partial charge in [-0.2, -0.15) is 4.98 Å². The molecule has 0 bridgehead atoms. The summed E-state index contributed by atoms with van der Waals surface area (Å²) in [6.07, 6.45) is 0.954. The third-order valence-corrected chi connectivity index (χ3v) is 4.32. The van der Waals surface area contributed by atoms with Crippen molar-refractivity contribution >= 4 is 27.3 Å². The first-order valence-electron chi connectivity index (χ1n) is 5.99. The summed E-state index contributed by atoms with van der Waals surface area (Å²) in [7, 11) is 0. The van der Waals surface area contributed by atoms with Crippen LogP contribution in [-0.2, 0) is 10.3 Å². The highest BCUT2D eigenvalue weighted by atomic mass is 79.9. The summed E-state index contributed by atoms with van der Waals surface area (Å²) in [6, 6.07) is 1.94. The number of thiophene rings is 1. The topological polar surface area (TPSA) is 74.2 Å². The zero-order valence-corrected chi connectivity index (χ0v) is 13.3. The summed E-state index contributed by atoms with van der Waals surface area (Å²) in [5.74, 6) is 0.933. The Morgan fingerprint density at radius 1 is 1.58 bits per heavy atom. The first kappa shape index (κ1) is 14.6. The van der Waals surface area contributed by atoms with E-state index in [1.807, 2.05) is 18.4 Å². The quantitative estimate of drug-likeness (QED) is 0.814.